The van der Waals surface area contributed by atoms with Crippen LogP contribution in [-0.2, 0) is 14.3 Å². The molecular weight excluding hydrogens is 148 g/mol. The van der Waals surface area contributed by atoms with Crippen LogP contribution in [0.4, 0.5) is 0 Å². The van der Waals surface area contributed by atoms with Crippen LogP contribution in [0.2, 0.25) is 0 Å². The molecule has 1 aliphatic rings. The highest BCUT2D eigenvalue weighted by atomic mass is 16.5. The minimum Gasteiger partial charge on any atom is -0.468 e. The van der Waals surface area contributed by atoms with Crippen LogP contribution in [0, 0.1) is 0 Å². The molecule has 5 heteroatoms. The van der Waals surface area contributed by atoms with Gasteiger partial charge in [0.15, 0.2) is 0 Å². The topological polar surface area (TPSA) is 58.6 Å². The summed E-state index contributed by atoms with van der Waals surface area (Å²) in [4.78, 5) is 21.7. The molecule has 62 valence electrons. The highest BCUT2D eigenvalue weighted by Crippen LogP contribution is 2.05. The Morgan fingerprint density at radius 3 is 2.82 bits per heavy atom. The first-order valence-corrected chi connectivity index (χ1v) is 3.25. The van der Waals surface area contributed by atoms with Crippen LogP contribution in [0.1, 0.15) is 6.42 Å². The molecule has 1 N–H and O–H groups in total. The fourth-order valence-electron chi connectivity index (χ4n) is 0.941. The average Bonchev–Trinajstić information content (AvgIpc) is 2.31. The number of esters is 1. The maximum absolute atomic E-state index is 10.9. The summed E-state index contributed by atoms with van der Waals surface area (Å²) in [6.45, 7) is 0. The first-order chi connectivity index (χ1) is 5.15. The highest BCUT2D eigenvalue weighted by Gasteiger charge is 2.32. The second-order valence-electron chi connectivity index (χ2n) is 2.36. The van der Waals surface area contributed by atoms with Gasteiger partial charge in [0, 0.05) is 7.05 Å². The largest absolute Gasteiger partial charge is 0.468 e. The number of ether oxygens (including phenoxy) is 1. The Kier molecular flexibility index (Phi) is 2.09. The number of hydrogen-bond donors (Lipinski definition) is 1. The van der Waals surface area contributed by atoms with Gasteiger partial charge in [-0.25, -0.2) is 5.43 Å². The van der Waals surface area contributed by atoms with E-state index in [1.165, 1.54) is 12.1 Å². The highest BCUT2D eigenvalue weighted by molar-refractivity contribution is 5.87. The lowest BCUT2D eigenvalue weighted by atomic mass is 10.2. The van der Waals surface area contributed by atoms with Gasteiger partial charge < -0.3 is 4.74 Å². The van der Waals surface area contributed by atoms with Crippen molar-refractivity contribution in [3.05, 3.63) is 0 Å². The van der Waals surface area contributed by atoms with Crippen LogP contribution in [0.15, 0.2) is 0 Å². The smallest absolute Gasteiger partial charge is 0.325 e. The van der Waals surface area contributed by atoms with Gasteiger partial charge in [-0.1, -0.05) is 0 Å². The number of rotatable bonds is 1. The molecule has 1 heterocycles. The van der Waals surface area contributed by atoms with Gasteiger partial charge in [0.05, 0.1) is 13.5 Å². The van der Waals surface area contributed by atoms with Crippen molar-refractivity contribution in [3.8, 4) is 0 Å². The third kappa shape index (κ3) is 1.48. The molecule has 0 aromatic rings. The summed E-state index contributed by atoms with van der Waals surface area (Å²) in [7, 11) is 2.87. The van der Waals surface area contributed by atoms with Gasteiger partial charge in [0.2, 0.25) is 5.91 Å². The van der Waals surface area contributed by atoms with E-state index in [0.717, 1.165) is 0 Å². The second-order valence-corrected chi connectivity index (χ2v) is 2.36. The average molecular weight is 158 g/mol. The first kappa shape index (κ1) is 8.00. The molecule has 0 aromatic heterocycles. The predicted molar refractivity (Wildman–Crippen MR) is 36.3 cm³/mol. The maximum Gasteiger partial charge on any atom is 0.325 e. The molecule has 1 rings (SSSR count). The van der Waals surface area contributed by atoms with Gasteiger partial charge in [-0.3, -0.25) is 14.6 Å². The predicted octanol–water partition coefficient (Wildman–Crippen LogP) is -1.11. The third-order valence-electron chi connectivity index (χ3n) is 1.59. The number of hydrazine groups is 1. The van der Waals surface area contributed by atoms with E-state index in [-0.39, 0.29) is 12.3 Å². The summed E-state index contributed by atoms with van der Waals surface area (Å²) in [5.41, 5.74) is 2.66. The van der Waals surface area contributed by atoms with Crippen molar-refractivity contribution in [2.24, 2.45) is 0 Å². The molecule has 0 bridgehead atoms. The molecule has 1 aliphatic heterocycles. The number of hydrogen-bond acceptors (Lipinski definition) is 4. The van der Waals surface area contributed by atoms with E-state index < -0.39 is 12.0 Å². The van der Waals surface area contributed by atoms with Crippen LogP contribution < -0.4 is 5.43 Å². The molecule has 0 aromatic carbocycles. The van der Waals surface area contributed by atoms with Crippen molar-refractivity contribution >= 4 is 11.9 Å². The SMILES string of the molecule is COC(=O)C1CC(=O)N(C)N1. The zero-order chi connectivity index (χ0) is 8.43. The Bertz CT molecular complexity index is 192. The number of carbonyl (C=O) groups is 2. The molecule has 0 radical (unpaired) electrons. The number of nitrogens with zero attached hydrogens (tertiary/aromatic N) is 1. The minimum atomic E-state index is -0.502. The molecule has 1 saturated heterocycles. The Morgan fingerprint density at radius 2 is 2.45 bits per heavy atom. The summed E-state index contributed by atoms with van der Waals surface area (Å²) in [5, 5.41) is 1.29. The van der Waals surface area contributed by atoms with Crippen molar-refractivity contribution in [1.29, 1.82) is 0 Å². The van der Waals surface area contributed by atoms with Crippen LogP contribution in [-0.4, -0.2) is 37.1 Å². The zero-order valence-electron chi connectivity index (χ0n) is 6.46. The van der Waals surface area contributed by atoms with E-state index >= 15 is 0 Å². The molecule has 5 nitrogen and oxygen atoms in total. The van der Waals surface area contributed by atoms with Gasteiger partial charge in [-0.15, -0.1) is 0 Å². The molecular formula is C6H10N2O3. The quantitative estimate of drug-likeness (QED) is 0.492. The Labute approximate surface area is 64.3 Å². The molecule has 11 heavy (non-hydrogen) atoms. The van der Waals surface area contributed by atoms with Gasteiger partial charge >= 0.3 is 5.97 Å². The molecule has 0 aliphatic carbocycles. The van der Waals surface area contributed by atoms with Crippen molar-refractivity contribution in [1.82, 2.24) is 10.4 Å². The summed E-state index contributed by atoms with van der Waals surface area (Å²) in [5.74, 6) is -0.497. The molecule has 1 atom stereocenters. The number of carbonyl (C=O) groups excluding carboxylic acids is 2. The van der Waals surface area contributed by atoms with Crippen molar-refractivity contribution in [3.63, 3.8) is 0 Å². The second kappa shape index (κ2) is 2.87. The van der Waals surface area contributed by atoms with E-state index in [1.54, 1.807) is 7.05 Å². The first-order valence-electron chi connectivity index (χ1n) is 3.25. The van der Waals surface area contributed by atoms with E-state index in [4.69, 9.17) is 0 Å². The van der Waals surface area contributed by atoms with E-state index in [2.05, 4.69) is 10.2 Å². The molecule has 1 amide bonds. The number of amides is 1. The molecule has 0 saturated carbocycles. The van der Waals surface area contributed by atoms with Crippen LogP contribution in [0.5, 0.6) is 0 Å². The van der Waals surface area contributed by atoms with Crippen molar-refractivity contribution in [2.75, 3.05) is 14.2 Å². The van der Waals surface area contributed by atoms with Gasteiger partial charge in [0.1, 0.15) is 6.04 Å². The normalized spacial score (nSPS) is 24.0. The Hall–Kier alpha value is -1.10. The monoisotopic (exact) mass is 158 g/mol. The van der Waals surface area contributed by atoms with Crippen molar-refractivity contribution in [2.45, 2.75) is 12.5 Å². The van der Waals surface area contributed by atoms with Crippen molar-refractivity contribution < 1.29 is 14.3 Å². The number of methoxy groups -OCH3 is 1. The zero-order valence-corrected chi connectivity index (χ0v) is 6.46. The summed E-state index contributed by atoms with van der Waals surface area (Å²) >= 11 is 0. The summed E-state index contributed by atoms with van der Waals surface area (Å²) in [6.07, 6.45) is 0.184. The molecule has 1 unspecified atom stereocenters. The minimum absolute atomic E-state index is 0.0969. The Balaban J connectivity index is 2.53. The standard InChI is InChI=1S/C6H10N2O3/c1-8-5(9)3-4(7-8)6(10)11-2/h4,7H,3H2,1-2H3. The lowest BCUT2D eigenvalue weighted by Gasteiger charge is -2.09. The van der Waals surface area contributed by atoms with Crippen LogP contribution in [0.25, 0.3) is 0 Å². The van der Waals surface area contributed by atoms with Gasteiger partial charge in [-0.2, -0.15) is 0 Å². The number of nitrogens with one attached hydrogen (secondary N) is 1. The van der Waals surface area contributed by atoms with E-state index in [1.807, 2.05) is 0 Å². The van der Waals surface area contributed by atoms with Gasteiger partial charge in [0.25, 0.3) is 0 Å². The fourth-order valence-corrected chi connectivity index (χ4v) is 0.941. The van der Waals surface area contributed by atoms with E-state index in [9.17, 15) is 9.59 Å². The fraction of sp³-hybridized carbons (Fsp3) is 0.667. The van der Waals surface area contributed by atoms with Crippen LogP contribution in [0.3, 0.4) is 0 Å². The lowest BCUT2D eigenvalue weighted by molar-refractivity contribution is -0.143. The lowest BCUT2D eigenvalue weighted by Crippen LogP contribution is -2.38. The summed E-state index contributed by atoms with van der Waals surface area (Å²) in [6, 6.07) is -0.502. The maximum atomic E-state index is 10.9. The van der Waals surface area contributed by atoms with Crippen LogP contribution >= 0.6 is 0 Å². The van der Waals surface area contributed by atoms with Gasteiger partial charge in [-0.05, 0) is 0 Å². The Morgan fingerprint density at radius 1 is 1.82 bits per heavy atom. The van der Waals surface area contributed by atoms with E-state index in [0.29, 0.717) is 0 Å². The summed E-state index contributed by atoms with van der Waals surface area (Å²) < 4.78 is 4.45. The third-order valence-corrected chi connectivity index (χ3v) is 1.59. The molecule has 1 fully saturated rings. The molecule has 0 spiro atoms.